The Morgan fingerprint density at radius 1 is 1.64 bits per heavy atom. The Balaban J connectivity index is 2.45. The van der Waals surface area contributed by atoms with E-state index in [4.69, 9.17) is 0 Å². The molecular formula is C9H12OS. The molecule has 1 aromatic heterocycles. The second kappa shape index (κ2) is 3.67. The molecule has 0 atom stereocenters. The molecule has 0 saturated carbocycles. The van der Waals surface area contributed by atoms with Gasteiger partial charge in [-0.3, -0.25) is 0 Å². The van der Waals surface area contributed by atoms with E-state index in [1.54, 1.807) is 18.3 Å². The minimum absolute atomic E-state index is 0.272. The Morgan fingerprint density at radius 2 is 2.36 bits per heavy atom. The topological polar surface area (TPSA) is 17.1 Å². The van der Waals surface area contributed by atoms with Crippen molar-refractivity contribution >= 4 is 17.1 Å². The van der Waals surface area contributed by atoms with Gasteiger partial charge in [0.1, 0.15) is 5.78 Å². The summed E-state index contributed by atoms with van der Waals surface area (Å²) in [5.74, 6) is 0.272. The standard InChI is InChI=1S/C9H12OS/c1-7(10)3-4-9-5-8(2)11-6-9/h5-6H,3-4H2,1-2H3. The number of carbonyl (C=O) groups is 1. The van der Waals surface area contributed by atoms with Gasteiger partial charge in [0.25, 0.3) is 0 Å². The normalized spacial score (nSPS) is 10.0. The van der Waals surface area contributed by atoms with E-state index < -0.39 is 0 Å². The predicted molar refractivity (Wildman–Crippen MR) is 48.1 cm³/mol. The minimum atomic E-state index is 0.272. The molecule has 11 heavy (non-hydrogen) atoms. The van der Waals surface area contributed by atoms with Crippen LogP contribution in [0.15, 0.2) is 11.4 Å². The first-order valence-corrected chi connectivity index (χ1v) is 4.60. The highest BCUT2D eigenvalue weighted by Crippen LogP contribution is 2.14. The Labute approximate surface area is 71.1 Å². The van der Waals surface area contributed by atoms with Gasteiger partial charge >= 0.3 is 0 Å². The quantitative estimate of drug-likeness (QED) is 0.678. The summed E-state index contributed by atoms with van der Waals surface area (Å²) in [5, 5.41) is 2.12. The summed E-state index contributed by atoms with van der Waals surface area (Å²) in [6.07, 6.45) is 1.58. The van der Waals surface area contributed by atoms with Crippen LogP contribution in [0.1, 0.15) is 23.8 Å². The summed E-state index contributed by atoms with van der Waals surface area (Å²) < 4.78 is 0. The summed E-state index contributed by atoms with van der Waals surface area (Å²) in [4.78, 5) is 12.0. The molecule has 0 unspecified atom stereocenters. The molecule has 0 radical (unpaired) electrons. The molecule has 1 rings (SSSR count). The lowest BCUT2D eigenvalue weighted by atomic mass is 10.1. The SMILES string of the molecule is CC(=O)CCc1csc(C)c1. The maximum absolute atomic E-state index is 10.6. The van der Waals surface area contributed by atoms with E-state index in [1.165, 1.54) is 10.4 Å². The summed E-state index contributed by atoms with van der Waals surface area (Å²) >= 11 is 1.74. The van der Waals surface area contributed by atoms with Gasteiger partial charge in [0, 0.05) is 11.3 Å². The van der Waals surface area contributed by atoms with Crippen LogP contribution in [0.2, 0.25) is 0 Å². The Bertz CT molecular complexity index is 250. The van der Waals surface area contributed by atoms with Crippen molar-refractivity contribution in [1.29, 1.82) is 0 Å². The van der Waals surface area contributed by atoms with Crippen LogP contribution in [0.25, 0.3) is 0 Å². The third-order valence-corrected chi connectivity index (χ3v) is 2.46. The van der Waals surface area contributed by atoms with Crippen molar-refractivity contribution in [3.8, 4) is 0 Å². The van der Waals surface area contributed by atoms with Crippen LogP contribution in [0.5, 0.6) is 0 Å². The number of ketones is 1. The lowest BCUT2D eigenvalue weighted by Crippen LogP contribution is -1.91. The van der Waals surface area contributed by atoms with Crippen LogP contribution >= 0.6 is 11.3 Å². The molecule has 0 aromatic carbocycles. The molecule has 2 heteroatoms. The van der Waals surface area contributed by atoms with E-state index in [-0.39, 0.29) is 5.78 Å². The van der Waals surface area contributed by atoms with E-state index in [0.717, 1.165) is 6.42 Å². The highest BCUT2D eigenvalue weighted by Gasteiger charge is 1.97. The number of carbonyl (C=O) groups excluding carboxylic acids is 1. The molecule has 0 aliphatic heterocycles. The Hall–Kier alpha value is -0.630. The van der Waals surface area contributed by atoms with Gasteiger partial charge in [-0.25, -0.2) is 0 Å². The molecule has 1 nitrogen and oxygen atoms in total. The summed E-state index contributed by atoms with van der Waals surface area (Å²) in [6.45, 7) is 3.72. The number of rotatable bonds is 3. The third-order valence-electron chi connectivity index (χ3n) is 1.55. The first-order chi connectivity index (χ1) is 5.18. The van der Waals surface area contributed by atoms with Crippen molar-refractivity contribution < 1.29 is 4.79 Å². The molecule has 0 amide bonds. The largest absolute Gasteiger partial charge is 0.300 e. The van der Waals surface area contributed by atoms with Gasteiger partial charge in [-0.2, -0.15) is 0 Å². The van der Waals surface area contributed by atoms with E-state index in [0.29, 0.717) is 6.42 Å². The van der Waals surface area contributed by atoms with E-state index in [1.807, 2.05) is 0 Å². The van der Waals surface area contributed by atoms with Crippen molar-refractivity contribution in [2.75, 3.05) is 0 Å². The predicted octanol–water partition coefficient (Wildman–Crippen LogP) is 2.58. The van der Waals surface area contributed by atoms with E-state index in [9.17, 15) is 4.79 Å². The zero-order valence-corrected chi connectivity index (χ0v) is 7.70. The van der Waals surface area contributed by atoms with Crippen molar-refractivity contribution in [3.05, 3.63) is 21.9 Å². The molecule has 0 N–H and O–H groups in total. The van der Waals surface area contributed by atoms with Crippen molar-refractivity contribution in [2.24, 2.45) is 0 Å². The number of hydrogen-bond donors (Lipinski definition) is 0. The fraction of sp³-hybridized carbons (Fsp3) is 0.444. The van der Waals surface area contributed by atoms with Crippen LogP contribution < -0.4 is 0 Å². The summed E-state index contributed by atoms with van der Waals surface area (Å²) in [6, 6.07) is 2.15. The Kier molecular flexibility index (Phi) is 2.83. The molecule has 60 valence electrons. The molecule has 0 spiro atoms. The van der Waals surface area contributed by atoms with Crippen LogP contribution in [-0.2, 0) is 11.2 Å². The van der Waals surface area contributed by atoms with Crippen LogP contribution in [-0.4, -0.2) is 5.78 Å². The van der Waals surface area contributed by atoms with Crippen LogP contribution in [0.3, 0.4) is 0 Å². The second-order valence-corrected chi connectivity index (χ2v) is 3.88. The molecule has 0 aliphatic rings. The van der Waals surface area contributed by atoms with Crippen molar-refractivity contribution in [3.63, 3.8) is 0 Å². The number of hydrogen-bond acceptors (Lipinski definition) is 2. The average molecular weight is 168 g/mol. The molecule has 1 heterocycles. The number of aryl methyl sites for hydroxylation is 2. The van der Waals surface area contributed by atoms with Crippen LogP contribution in [0.4, 0.5) is 0 Å². The van der Waals surface area contributed by atoms with Gasteiger partial charge in [0.05, 0.1) is 0 Å². The lowest BCUT2D eigenvalue weighted by molar-refractivity contribution is -0.116. The monoisotopic (exact) mass is 168 g/mol. The van der Waals surface area contributed by atoms with Gasteiger partial charge in [0.15, 0.2) is 0 Å². The third kappa shape index (κ3) is 2.85. The van der Waals surface area contributed by atoms with Gasteiger partial charge < -0.3 is 4.79 Å². The van der Waals surface area contributed by atoms with E-state index >= 15 is 0 Å². The highest BCUT2D eigenvalue weighted by molar-refractivity contribution is 7.10. The van der Waals surface area contributed by atoms with E-state index in [2.05, 4.69) is 18.4 Å². The second-order valence-electron chi connectivity index (χ2n) is 2.77. The average Bonchev–Trinajstić information content (AvgIpc) is 2.31. The van der Waals surface area contributed by atoms with Crippen molar-refractivity contribution in [1.82, 2.24) is 0 Å². The minimum Gasteiger partial charge on any atom is -0.300 e. The zero-order valence-electron chi connectivity index (χ0n) is 6.89. The highest BCUT2D eigenvalue weighted by atomic mass is 32.1. The van der Waals surface area contributed by atoms with Crippen molar-refractivity contribution in [2.45, 2.75) is 26.7 Å². The zero-order chi connectivity index (χ0) is 8.27. The molecule has 1 aromatic rings. The fourth-order valence-corrected chi connectivity index (χ4v) is 1.69. The first kappa shape index (κ1) is 8.47. The molecular weight excluding hydrogens is 156 g/mol. The van der Waals surface area contributed by atoms with Gasteiger partial charge in [-0.15, -0.1) is 11.3 Å². The summed E-state index contributed by atoms with van der Waals surface area (Å²) in [5.41, 5.74) is 1.29. The number of thiophene rings is 1. The molecule has 0 bridgehead atoms. The van der Waals surface area contributed by atoms with Gasteiger partial charge in [-0.1, -0.05) is 0 Å². The fourth-order valence-electron chi connectivity index (χ4n) is 0.949. The molecule has 0 saturated heterocycles. The maximum Gasteiger partial charge on any atom is 0.130 e. The number of Topliss-reactive ketones (excluding diaryl/α,β-unsaturated/α-hetero) is 1. The molecule has 0 aliphatic carbocycles. The smallest absolute Gasteiger partial charge is 0.130 e. The maximum atomic E-state index is 10.6. The van der Waals surface area contributed by atoms with Gasteiger partial charge in [0.2, 0.25) is 0 Å². The summed E-state index contributed by atoms with van der Waals surface area (Å²) in [7, 11) is 0. The Morgan fingerprint density at radius 3 is 2.82 bits per heavy atom. The molecule has 0 fully saturated rings. The lowest BCUT2D eigenvalue weighted by Gasteiger charge is -1.91. The van der Waals surface area contributed by atoms with Crippen LogP contribution in [0, 0.1) is 6.92 Å². The van der Waals surface area contributed by atoms with Gasteiger partial charge in [-0.05, 0) is 37.3 Å². The first-order valence-electron chi connectivity index (χ1n) is 3.72.